The van der Waals surface area contributed by atoms with Crippen LogP contribution in [0.4, 0.5) is 0 Å². The molecule has 1 amide bonds. The first kappa shape index (κ1) is 19.3. The minimum absolute atomic E-state index is 0.00985. The predicted octanol–water partition coefficient (Wildman–Crippen LogP) is 2.03. The van der Waals surface area contributed by atoms with Gasteiger partial charge in [0.05, 0.1) is 36.7 Å². The summed E-state index contributed by atoms with van der Waals surface area (Å²) in [6.07, 6.45) is 4.09. The Balaban J connectivity index is 1.74. The number of carbonyl (C=O) groups is 1. The highest BCUT2D eigenvalue weighted by molar-refractivity contribution is 5.92. The fourth-order valence-electron chi connectivity index (χ4n) is 4.34. The molecule has 26 heavy (non-hydrogen) atoms. The van der Waals surface area contributed by atoms with E-state index in [0.29, 0.717) is 31.3 Å². The van der Waals surface area contributed by atoms with Crippen molar-refractivity contribution in [2.24, 2.45) is 5.92 Å². The minimum Gasteiger partial charge on any atom is -0.394 e. The van der Waals surface area contributed by atoms with Crippen LogP contribution in [0.3, 0.4) is 0 Å². The Morgan fingerprint density at radius 1 is 1.50 bits per heavy atom. The number of amides is 1. The lowest BCUT2D eigenvalue weighted by Crippen LogP contribution is -2.53. The Bertz CT molecular complexity index is 617. The molecule has 0 bridgehead atoms. The van der Waals surface area contributed by atoms with Crippen molar-refractivity contribution >= 4 is 5.91 Å². The van der Waals surface area contributed by atoms with Crippen LogP contribution in [-0.2, 0) is 15.9 Å². The van der Waals surface area contributed by atoms with Crippen molar-refractivity contribution in [1.82, 2.24) is 10.1 Å². The van der Waals surface area contributed by atoms with Crippen LogP contribution in [0.25, 0.3) is 0 Å². The number of nitrogens with zero attached hydrogens (tertiary/aromatic N) is 2. The second kappa shape index (κ2) is 8.06. The average Bonchev–Trinajstić information content (AvgIpc) is 3.23. The molecule has 0 radical (unpaired) electrons. The molecule has 1 aliphatic heterocycles. The maximum absolute atomic E-state index is 13.0. The smallest absolute Gasteiger partial charge is 0.292 e. The summed E-state index contributed by atoms with van der Waals surface area (Å²) in [6.45, 7) is 5.20. The van der Waals surface area contributed by atoms with Gasteiger partial charge in [-0.1, -0.05) is 19.0 Å². The van der Waals surface area contributed by atoms with E-state index >= 15 is 0 Å². The summed E-state index contributed by atoms with van der Waals surface area (Å²) in [5.74, 6) is 0.629. The van der Waals surface area contributed by atoms with Crippen molar-refractivity contribution in [3.63, 3.8) is 0 Å². The van der Waals surface area contributed by atoms with Gasteiger partial charge in [0.15, 0.2) is 0 Å². The average molecular weight is 366 g/mol. The lowest BCUT2D eigenvalue weighted by molar-refractivity contribution is -0.0994. The summed E-state index contributed by atoms with van der Waals surface area (Å²) in [5, 5.41) is 13.0. The van der Waals surface area contributed by atoms with Gasteiger partial charge in [-0.05, 0) is 38.0 Å². The first-order valence-electron chi connectivity index (χ1n) is 9.53. The van der Waals surface area contributed by atoms with Gasteiger partial charge >= 0.3 is 0 Å². The van der Waals surface area contributed by atoms with Crippen molar-refractivity contribution in [2.45, 2.75) is 63.7 Å². The molecule has 0 unspecified atom stereocenters. The number of rotatable bonds is 7. The number of fused-ring (bicyclic) bond motifs is 1. The fraction of sp³-hybridized carbons (Fsp3) is 0.789. The number of carbonyl (C=O) groups excluding carboxylic acids is 1. The third kappa shape index (κ3) is 3.80. The van der Waals surface area contributed by atoms with E-state index < -0.39 is 0 Å². The molecule has 7 nitrogen and oxygen atoms in total. The standard InChI is InChI=1S/C19H30N2O5/c1-13(2)10-14-11-16(26-20-14)18(23)21-7-6-19(24-3)5-4-15(12-17(19)21)25-9-8-22/h11,13,15,17,22H,4-10,12H2,1-3H3/t15-,17-,19+/m0/s1. The zero-order valence-electron chi connectivity index (χ0n) is 15.9. The number of methoxy groups -OCH3 is 1. The molecule has 7 heteroatoms. The van der Waals surface area contributed by atoms with E-state index in [1.165, 1.54) is 0 Å². The fourth-order valence-corrected chi connectivity index (χ4v) is 4.34. The molecule has 2 aliphatic rings. The number of aliphatic hydroxyl groups excluding tert-OH is 1. The molecule has 2 fully saturated rings. The van der Waals surface area contributed by atoms with E-state index in [2.05, 4.69) is 19.0 Å². The second-order valence-corrected chi connectivity index (χ2v) is 7.80. The van der Waals surface area contributed by atoms with E-state index in [1.807, 2.05) is 4.90 Å². The minimum atomic E-state index is -0.310. The number of ether oxygens (including phenoxy) is 2. The van der Waals surface area contributed by atoms with E-state index in [9.17, 15) is 4.79 Å². The van der Waals surface area contributed by atoms with Crippen LogP contribution in [0.1, 0.15) is 55.8 Å². The summed E-state index contributed by atoms with van der Waals surface area (Å²) >= 11 is 0. The van der Waals surface area contributed by atoms with Crippen LogP contribution in [0.2, 0.25) is 0 Å². The highest BCUT2D eigenvalue weighted by Gasteiger charge is 2.53. The molecule has 1 aliphatic carbocycles. The Morgan fingerprint density at radius 3 is 3.00 bits per heavy atom. The van der Waals surface area contributed by atoms with Gasteiger partial charge in [-0.15, -0.1) is 0 Å². The second-order valence-electron chi connectivity index (χ2n) is 7.80. The van der Waals surface area contributed by atoms with Crippen LogP contribution < -0.4 is 0 Å². The molecule has 1 aromatic heterocycles. The Morgan fingerprint density at radius 2 is 2.31 bits per heavy atom. The number of hydrogen-bond donors (Lipinski definition) is 1. The van der Waals surface area contributed by atoms with Crippen molar-refractivity contribution in [2.75, 3.05) is 26.9 Å². The van der Waals surface area contributed by atoms with Gasteiger partial charge in [0, 0.05) is 19.7 Å². The van der Waals surface area contributed by atoms with Crippen LogP contribution in [0.5, 0.6) is 0 Å². The van der Waals surface area contributed by atoms with Crippen LogP contribution in [0.15, 0.2) is 10.6 Å². The van der Waals surface area contributed by atoms with E-state index in [1.54, 1.807) is 13.2 Å². The summed E-state index contributed by atoms with van der Waals surface area (Å²) in [7, 11) is 1.73. The molecular formula is C19H30N2O5. The van der Waals surface area contributed by atoms with Gasteiger partial charge in [-0.25, -0.2) is 0 Å². The summed E-state index contributed by atoms with van der Waals surface area (Å²) in [4.78, 5) is 14.9. The molecule has 3 rings (SSSR count). The monoisotopic (exact) mass is 366 g/mol. The van der Waals surface area contributed by atoms with Gasteiger partial charge in [0.1, 0.15) is 0 Å². The molecule has 1 aromatic rings. The Hall–Kier alpha value is -1.44. The van der Waals surface area contributed by atoms with Crippen LogP contribution >= 0.6 is 0 Å². The molecule has 0 spiro atoms. The SMILES string of the molecule is CO[C@@]12CC[C@H](OCCO)C[C@@H]1N(C(=O)c1cc(CC(C)C)no1)CC2. The molecule has 2 heterocycles. The van der Waals surface area contributed by atoms with Gasteiger partial charge in [0.25, 0.3) is 5.91 Å². The van der Waals surface area contributed by atoms with Gasteiger partial charge < -0.3 is 24.0 Å². The summed E-state index contributed by atoms with van der Waals surface area (Å²) < 4.78 is 16.9. The maximum Gasteiger partial charge on any atom is 0.292 e. The largest absolute Gasteiger partial charge is 0.394 e. The molecular weight excluding hydrogens is 336 g/mol. The molecule has 3 atom stereocenters. The Kier molecular flexibility index (Phi) is 5.99. The third-order valence-electron chi connectivity index (χ3n) is 5.63. The van der Waals surface area contributed by atoms with Gasteiger partial charge in [0.2, 0.25) is 5.76 Å². The predicted molar refractivity (Wildman–Crippen MR) is 94.9 cm³/mol. The van der Waals surface area contributed by atoms with E-state index in [-0.39, 0.29) is 30.3 Å². The molecule has 1 N–H and O–H groups in total. The molecule has 0 aromatic carbocycles. The summed E-state index contributed by atoms with van der Waals surface area (Å²) in [6, 6.07) is 1.72. The van der Waals surface area contributed by atoms with Gasteiger partial charge in [-0.3, -0.25) is 4.79 Å². The topological polar surface area (TPSA) is 85.0 Å². The van der Waals surface area contributed by atoms with Crippen molar-refractivity contribution in [3.05, 3.63) is 17.5 Å². The maximum atomic E-state index is 13.0. The first-order chi connectivity index (χ1) is 12.5. The lowest BCUT2D eigenvalue weighted by atomic mass is 9.79. The van der Waals surface area contributed by atoms with Crippen LogP contribution in [0, 0.1) is 5.92 Å². The van der Waals surface area contributed by atoms with Gasteiger partial charge in [-0.2, -0.15) is 0 Å². The third-order valence-corrected chi connectivity index (χ3v) is 5.63. The zero-order valence-corrected chi connectivity index (χ0v) is 15.9. The van der Waals surface area contributed by atoms with Crippen molar-refractivity contribution < 1.29 is 23.9 Å². The van der Waals surface area contributed by atoms with E-state index in [4.69, 9.17) is 19.1 Å². The highest BCUT2D eigenvalue weighted by Crippen LogP contribution is 2.43. The van der Waals surface area contributed by atoms with Crippen LogP contribution in [-0.4, -0.2) is 65.7 Å². The van der Waals surface area contributed by atoms with Crippen molar-refractivity contribution in [1.29, 1.82) is 0 Å². The number of aromatic nitrogens is 1. The highest BCUT2D eigenvalue weighted by atomic mass is 16.5. The summed E-state index contributed by atoms with van der Waals surface area (Å²) in [5.41, 5.74) is 0.503. The number of aliphatic hydroxyl groups is 1. The number of likely N-dealkylation sites (tertiary alicyclic amines) is 1. The lowest BCUT2D eigenvalue weighted by Gasteiger charge is -2.43. The molecule has 1 saturated carbocycles. The van der Waals surface area contributed by atoms with Crippen molar-refractivity contribution in [3.8, 4) is 0 Å². The Labute approximate surface area is 154 Å². The molecule has 1 saturated heterocycles. The normalized spacial score (nSPS) is 28.6. The first-order valence-corrected chi connectivity index (χ1v) is 9.53. The zero-order chi connectivity index (χ0) is 18.7. The number of hydrogen-bond acceptors (Lipinski definition) is 6. The van der Waals surface area contributed by atoms with E-state index in [0.717, 1.165) is 31.4 Å². The molecule has 146 valence electrons. The quantitative estimate of drug-likeness (QED) is 0.795.